The Morgan fingerprint density at radius 3 is 2.61 bits per heavy atom. The fourth-order valence-corrected chi connectivity index (χ4v) is 2.67. The molecule has 2 aromatic carbocycles. The maximum absolute atomic E-state index is 12.1. The van der Waals surface area contributed by atoms with Crippen LogP contribution in [0.5, 0.6) is 0 Å². The number of carbonyl (C=O) groups excluding carboxylic acids is 1. The van der Waals surface area contributed by atoms with Gasteiger partial charge in [-0.3, -0.25) is 0 Å². The van der Waals surface area contributed by atoms with Gasteiger partial charge in [0, 0.05) is 12.0 Å². The molecule has 0 amide bonds. The van der Waals surface area contributed by atoms with Crippen LogP contribution >= 0.6 is 0 Å². The van der Waals surface area contributed by atoms with Crippen molar-refractivity contribution in [3.8, 4) is 0 Å². The number of ether oxygens (including phenoxy) is 1. The summed E-state index contributed by atoms with van der Waals surface area (Å²) in [4.78, 5) is 20.9. The Morgan fingerprint density at radius 2 is 1.78 bits per heavy atom. The van der Waals surface area contributed by atoms with Gasteiger partial charge in [-0.25, -0.2) is 9.79 Å². The molecule has 0 radical (unpaired) electrons. The zero-order valence-corrected chi connectivity index (χ0v) is 15.9. The number of hydrogen-bond acceptors (Lipinski definition) is 3. The predicted octanol–water partition coefficient (Wildman–Crippen LogP) is -0.284. The monoisotopic (exact) mass is 328 g/mol. The van der Waals surface area contributed by atoms with E-state index in [-0.39, 0.29) is 57.4 Å². The Hall–Kier alpha value is -1.24. The summed E-state index contributed by atoms with van der Waals surface area (Å²) in [6.07, 6.45) is 2.32. The fraction of sp³-hybridized carbons (Fsp3) is 0.111. The zero-order chi connectivity index (χ0) is 14.9. The molecular weight excluding hydrogens is 315 g/mol. The maximum Gasteiger partial charge on any atom is 1.00 e. The van der Waals surface area contributed by atoms with Gasteiger partial charge >= 0.3 is 57.4 Å². The van der Waals surface area contributed by atoms with Crippen molar-refractivity contribution in [1.82, 2.24) is 4.98 Å². The summed E-state index contributed by atoms with van der Waals surface area (Å²) >= 11 is 0. The van der Waals surface area contributed by atoms with Crippen molar-refractivity contribution in [3.63, 3.8) is 0 Å². The van der Waals surface area contributed by atoms with Crippen molar-refractivity contribution in [3.05, 3.63) is 71.9 Å². The van der Waals surface area contributed by atoms with E-state index in [4.69, 9.17) is 4.74 Å². The van der Waals surface area contributed by atoms with Gasteiger partial charge in [-0.05, 0) is 17.5 Å². The number of hydrogen-bond donors (Lipinski definition) is 0. The fourth-order valence-electron chi connectivity index (χ4n) is 2.67. The molecule has 3 aromatic rings. The normalized spacial score (nSPS) is 16.8. The molecule has 0 fully saturated rings. The molecule has 2 heterocycles. The molecule has 4 nitrogen and oxygen atoms in total. The molecule has 1 aliphatic heterocycles. The van der Waals surface area contributed by atoms with E-state index < -0.39 is 6.04 Å². The molecule has 0 N–H and O–H groups in total. The van der Waals surface area contributed by atoms with Crippen LogP contribution in [0.1, 0.15) is 11.1 Å². The third-order valence-corrected chi connectivity index (χ3v) is 3.79. The molecule has 5 heteroatoms. The number of aromatic nitrogens is 1. The first kappa shape index (κ1) is 16.6. The quantitative estimate of drug-likeness (QED) is 0.491. The molecule has 1 aliphatic rings. The average molecular weight is 328 g/mol. The van der Waals surface area contributed by atoms with Crippen LogP contribution in [-0.4, -0.2) is 17.9 Å². The number of rotatable bonds is 3. The minimum Gasteiger partial charge on any atom is -0.663 e. The summed E-state index contributed by atoms with van der Waals surface area (Å²) in [6, 6.07) is 16.9. The summed E-state index contributed by atoms with van der Waals surface area (Å²) in [7, 11) is 0. The largest absolute Gasteiger partial charge is 1.00 e. The molecule has 108 valence electrons. The Kier molecular flexibility index (Phi) is 5.13. The SMILES string of the molecule is O=C1OC(c2ccccc2)=NC1Cc1c[n-]c2ccccc12.[K+]. The Labute approximate surface area is 176 Å². The number of cyclic esters (lactones) is 1. The molecule has 23 heavy (non-hydrogen) atoms. The van der Waals surface area contributed by atoms with Crippen LogP contribution in [0.25, 0.3) is 10.9 Å². The third-order valence-electron chi connectivity index (χ3n) is 3.79. The second-order valence-electron chi connectivity index (χ2n) is 5.24. The van der Waals surface area contributed by atoms with Gasteiger partial charge in [-0.2, -0.15) is 6.20 Å². The van der Waals surface area contributed by atoms with Crippen LogP contribution in [-0.2, 0) is 16.0 Å². The average Bonchev–Trinajstić information content (AvgIpc) is 3.13. The molecule has 0 bridgehead atoms. The van der Waals surface area contributed by atoms with Gasteiger partial charge in [0.15, 0.2) is 6.04 Å². The van der Waals surface area contributed by atoms with Gasteiger partial charge in [0.2, 0.25) is 5.90 Å². The van der Waals surface area contributed by atoms with E-state index in [1.165, 1.54) is 0 Å². The molecule has 0 saturated carbocycles. The van der Waals surface area contributed by atoms with Crippen molar-refractivity contribution < 1.29 is 60.9 Å². The number of carbonyl (C=O) groups is 1. The van der Waals surface area contributed by atoms with Gasteiger partial charge in [0.05, 0.1) is 0 Å². The number of fused-ring (bicyclic) bond motifs is 1. The minimum absolute atomic E-state index is 0. The van der Waals surface area contributed by atoms with Gasteiger partial charge in [0.1, 0.15) is 0 Å². The second kappa shape index (κ2) is 7.11. The van der Waals surface area contributed by atoms with E-state index in [0.717, 1.165) is 22.0 Å². The first-order valence-electron chi connectivity index (χ1n) is 7.15. The van der Waals surface area contributed by atoms with Crippen LogP contribution in [0.15, 0.2) is 65.8 Å². The first-order chi connectivity index (χ1) is 10.8. The Bertz CT molecular complexity index is 871. The topological polar surface area (TPSA) is 52.8 Å². The molecule has 1 atom stereocenters. The molecule has 4 rings (SSSR count). The van der Waals surface area contributed by atoms with E-state index in [0.29, 0.717) is 12.3 Å². The molecule has 1 unspecified atom stereocenters. The summed E-state index contributed by atoms with van der Waals surface area (Å²) in [5, 5.41) is 1.07. The maximum atomic E-state index is 12.1. The number of para-hydroxylation sites is 1. The van der Waals surface area contributed by atoms with Crippen molar-refractivity contribution in [2.24, 2.45) is 4.99 Å². The number of aliphatic imine (C=N–C) groups is 1. The summed E-state index contributed by atoms with van der Waals surface area (Å²) in [6.45, 7) is 0. The van der Waals surface area contributed by atoms with Crippen LogP contribution in [0.2, 0.25) is 0 Å². The smallest absolute Gasteiger partial charge is 0.663 e. The molecule has 0 saturated heterocycles. The van der Waals surface area contributed by atoms with Crippen molar-refractivity contribution in [2.75, 3.05) is 0 Å². The number of nitrogens with zero attached hydrogens (tertiary/aromatic N) is 2. The zero-order valence-electron chi connectivity index (χ0n) is 12.8. The van der Waals surface area contributed by atoms with E-state index in [1.807, 2.05) is 60.8 Å². The standard InChI is InChI=1S/C18H13N2O2.K/c21-18-16(20-17(22-18)12-6-2-1-3-7-12)10-13-11-19-15-9-5-4-8-14(13)15;/h1-9,11,16H,10H2;/q-1;+1. The number of benzene rings is 2. The van der Waals surface area contributed by atoms with Gasteiger partial charge in [-0.15, -0.1) is 5.52 Å². The molecule has 1 aromatic heterocycles. The third kappa shape index (κ3) is 3.34. The van der Waals surface area contributed by atoms with Crippen LogP contribution in [0, 0.1) is 0 Å². The van der Waals surface area contributed by atoms with Crippen molar-refractivity contribution in [2.45, 2.75) is 12.5 Å². The van der Waals surface area contributed by atoms with E-state index in [1.54, 1.807) is 0 Å². The Morgan fingerprint density at radius 1 is 1.04 bits per heavy atom. The van der Waals surface area contributed by atoms with E-state index in [9.17, 15) is 4.79 Å². The van der Waals surface area contributed by atoms with Crippen LogP contribution in [0.3, 0.4) is 0 Å². The van der Waals surface area contributed by atoms with Gasteiger partial charge in [-0.1, -0.05) is 48.0 Å². The van der Waals surface area contributed by atoms with E-state index in [2.05, 4.69) is 9.98 Å². The predicted molar refractivity (Wildman–Crippen MR) is 83.8 cm³/mol. The first-order valence-corrected chi connectivity index (χ1v) is 7.15. The second-order valence-corrected chi connectivity index (χ2v) is 5.24. The van der Waals surface area contributed by atoms with Crippen molar-refractivity contribution in [1.29, 1.82) is 0 Å². The minimum atomic E-state index is -0.497. The summed E-state index contributed by atoms with van der Waals surface area (Å²) < 4.78 is 5.31. The molecule has 0 spiro atoms. The van der Waals surface area contributed by atoms with Crippen LogP contribution < -0.4 is 56.4 Å². The summed E-state index contributed by atoms with van der Waals surface area (Å²) in [5.41, 5.74) is 2.79. The van der Waals surface area contributed by atoms with Gasteiger partial charge in [0.25, 0.3) is 0 Å². The van der Waals surface area contributed by atoms with Crippen LogP contribution in [0.4, 0.5) is 0 Å². The number of esters is 1. The van der Waals surface area contributed by atoms with Gasteiger partial charge < -0.3 is 9.72 Å². The van der Waals surface area contributed by atoms with Crippen molar-refractivity contribution >= 4 is 22.8 Å². The molecule has 0 aliphatic carbocycles. The Balaban J connectivity index is 0.00000156. The molecular formula is C18H13KN2O2. The van der Waals surface area contributed by atoms with E-state index >= 15 is 0 Å². The summed E-state index contributed by atoms with van der Waals surface area (Å²) in [5.74, 6) is 0.101.